The molecule has 0 saturated heterocycles. The number of benzene rings is 2. The Balaban J connectivity index is 1.94. The lowest BCUT2D eigenvalue weighted by molar-refractivity contribution is -0.136. The molecular weight excluding hydrogens is 334 g/mol. The van der Waals surface area contributed by atoms with E-state index in [-0.39, 0.29) is 0 Å². The van der Waals surface area contributed by atoms with Crippen molar-refractivity contribution in [3.05, 3.63) is 66.7 Å². The Bertz CT molecular complexity index is 818. The van der Waals surface area contributed by atoms with Gasteiger partial charge in [-0.15, -0.1) is 0 Å². The molecule has 2 rings (SSSR count). The maximum absolute atomic E-state index is 11.9. The summed E-state index contributed by atoms with van der Waals surface area (Å²) in [4.78, 5) is 23.7. The van der Waals surface area contributed by atoms with Crippen molar-refractivity contribution in [3.63, 3.8) is 0 Å². The van der Waals surface area contributed by atoms with E-state index in [9.17, 15) is 9.59 Å². The number of rotatable bonds is 7. The summed E-state index contributed by atoms with van der Waals surface area (Å²) in [6.07, 6.45) is 3.02. The van der Waals surface area contributed by atoms with Crippen LogP contribution < -0.4 is 20.2 Å². The van der Waals surface area contributed by atoms with Gasteiger partial charge in [0.05, 0.1) is 13.3 Å². The summed E-state index contributed by atoms with van der Waals surface area (Å²) in [5.41, 5.74) is 3.27. The Labute approximate surface area is 151 Å². The molecule has 0 aliphatic heterocycles. The number of amides is 2. The smallest absolute Gasteiger partial charge is 0.329 e. The molecule has 0 heterocycles. The first-order valence-corrected chi connectivity index (χ1v) is 7.75. The lowest BCUT2D eigenvalue weighted by Crippen LogP contribution is -2.32. The largest absolute Gasteiger partial charge is 0.497 e. The normalized spacial score (nSPS) is 10.2. The number of para-hydroxylation sites is 1. The number of methoxy groups -OCH3 is 1. The average Bonchev–Trinajstić information content (AvgIpc) is 2.67. The van der Waals surface area contributed by atoms with Crippen LogP contribution in [0.15, 0.2) is 66.3 Å². The molecule has 0 saturated carbocycles. The Morgan fingerprint density at radius 2 is 1.96 bits per heavy atom. The number of hydrogen-bond donors (Lipinski definition) is 2. The highest BCUT2D eigenvalue weighted by atomic mass is 16.5. The van der Waals surface area contributed by atoms with Crippen LogP contribution in [0.3, 0.4) is 0 Å². The van der Waals surface area contributed by atoms with Gasteiger partial charge < -0.3 is 14.8 Å². The van der Waals surface area contributed by atoms with Crippen molar-refractivity contribution < 1.29 is 19.1 Å². The zero-order valence-electron chi connectivity index (χ0n) is 14.3. The van der Waals surface area contributed by atoms with E-state index in [0.717, 1.165) is 0 Å². The van der Waals surface area contributed by atoms with Gasteiger partial charge in [0.25, 0.3) is 0 Å². The molecule has 0 aromatic heterocycles. The number of ether oxygens (including phenoxy) is 2. The van der Waals surface area contributed by atoms with E-state index in [2.05, 4.69) is 22.4 Å². The third-order valence-electron chi connectivity index (χ3n) is 3.18. The first-order chi connectivity index (χ1) is 12.6. The van der Waals surface area contributed by atoms with Crippen LogP contribution in [0, 0.1) is 0 Å². The molecule has 0 bridgehead atoms. The minimum absolute atomic E-state index is 0.347. The number of anilines is 1. The average molecular weight is 353 g/mol. The molecule has 0 aliphatic rings. The van der Waals surface area contributed by atoms with E-state index < -0.39 is 11.8 Å². The van der Waals surface area contributed by atoms with Gasteiger partial charge in [-0.25, -0.2) is 5.43 Å². The number of hydrazone groups is 1. The molecule has 0 spiro atoms. The molecule has 2 amide bonds. The Kier molecular flexibility index (Phi) is 6.93. The van der Waals surface area contributed by atoms with Crippen molar-refractivity contribution in [2.45, 2.75) is 0 Å². The topological polar surface area (TPSA) is 89.0 Å². The lowest BCUT2D eigenvalue weighted by atomic mass is 10.2. The first kappa shape index (κ1) is 18.7. The van der Waals surface area contributed by atoms with Gasteiger partial charge >= 0.3 is 11.8 Å². The minimum atomic E-state index is -0.895. The summed E-state index contributed by atoms with van der Waals surface area (Å²) >= 11 is 0. The van der Waals surface area contributed by atoms with E-state index >= 15 is 0 Å². The van der Waals surface area contributed by atoms with E-state index in [4.69, 9.17) is 9.47 Å². The maximum atomic E-state index is 11.9. The van der Waals surface area contributed by atoms with E-state index in [1.54, 1.807) is 48.5 Å². The van der Waals surface area contributed by atoms with E-state index in [1.807, 2.05) is 6.07 Å². The van der Waals surface area contributed by atoms with Gasteiger partial charge in [0, 0.05) is 17.3 Å². The van der Waals surface area contributed by atoms with E-state index in [1.165, 1.54) is 13.3 Å². The Morgan fingerprint density at radius 3 is 2.73 bits per heavy atom. The molecule has 7 nitrogen and oxygen atoms in total. The predicted molar refractivity (Wildman–Crippen MR) is 99.5 cm³/mol. The standard InChI is InChI=1S/C19H19N3O4/c1-3-11-26-17-10-5-4-7-14(17)13-20-22-19(24)18(23)21-15-8-6-9-16(12-15)25-2/h3-10,12-13H,1,11H2,2H3,(H,21,23)(H,22,24)/b20-13-. The maximum Gasteiger partial charge on any atom is 0.329 e. The molecule has 0 unspecified atom stereocenters. The van der Waals surface area contributed by atoms with Crippen molar-refractivity contribution in [1.29, 1.82) is 0 Å². The zero-order valence-corrected chi connectivity index (χ0v) is 14.3. The molecule has 0 atom stereocenters. The quantitative estimate of drug-likeness (QED) is 0.346. The highest BCUT2D eigenvalue weighted by Crippen LogP contribution is 2.17. The van der Waals surface area contributed by atoms with Gasteiger partial charge in [0.2, 0.25) is 0 Å². The Morgan fingerprint density at radius 1 is 1.15 bits per heavy atom. The summed E-state index contributed by atoms with van der Waals surface area (Å²) in [7, 11) is 1.51. The van der Waals surface area contributed by atoms with Gasteiger partial charge in [-0.3, -0.25) is 9.59 Å². The molecule has 2 aromatic rings. The number of carbonyl (C=O) groups excluding carboxylic acids is 2. The highest BCUT2D eigenvalue weighted by molar-refractivity contribution is 6.39. The first-order valence-electron chi connectivity index (χ1n) is 7.75. The monoisotopic (exact) mass is 353 g/mol. The van der Waals surface area contributed by atoms with Crippen LogP contribution in [-0.4, -0.2) is 31.7 Å². The molecule has 7 heteroatoms. The van der Waals surface area contributed by atoms with Gasteiger partial charge in [0.1, 0.15) is 18.1 Å². The SMILES string of the molecule is C=CCOc1ccccc1/C=N\NC(=O)C(=O)Nc1cccc(OC)c1. The van der Waals surface area contributed by atoms with Gasteiger partial charge in [-0.05, 0) is 24.3 Å². The molecule has 2 aromatic carbocycles. The fourth-order valence-corrected chi connectivity index (χ4v) is 1.97. The van der Waals surface area contributed by atoms with Crippen molar-refractivity contribution in [3.8, 4) is 11.5 Å². The van der Waals surface area contributed by atoms with Crippen molar-refractivity contribution in [1.82, 2.24) is 5.43 Å². The summed E-state index contributed by atoms with van der Waals surface area (Å²) in [6.45, 7) is 3.93. The summed E-state index contributed by atoms with van der Waals surface area (Å²) in [5.74, 6) is -0.580. The van der Waals surface area contributed by atoms with Crippen LogP contribution in [0.4, 0.5) is 5.69 Å². The van der Waals surface area contributed by atoms with Crippen molar-refractivity contribution in [2.24, 2.45) is 5.10 Å². The molecule has 26 heavy (non-hydrogen) atoms. The number of nitrogens with zero attached hydrogens (tertiary/aromatic N) is 1. The van der Waals surface area contributed by atoms with Gasteiger partial charge in [-0.2, -0.15) is 5.10 Å². The van der Waals surface area contributed by atoms with Crippen LogP contribution in [-0.2, 0) is 9.59 Å². The molecule has 0 radical (unpaired) electrons. The second kappa shape index (κ2) is 9.63. The van der Waals surface area contributed by atoms with Gasteiger partial charge in [-0.1, -0.05) is 30.9 Å². The van der Waals surface area contributed by atoms with E-state index in [0.29, 0.717) is 29.4 Å². The van der Waals surface area contributed by atoms with Crippen LogP contribution in [0.1, 0.15) is 5.56 Å². The Hall–Kier alpha value is -3.61. The summed E-state index contributed by atoms with van der Waals surface area (Å²) in [6, 6.07) is 13.8. The van der Waals surface area contributed by atoms with Crippen LogP contribution >= 0.6 is 0 Å². The number of carbonyl (C=O) groups is 2. The lowest BCUT2D eigenvalue weighted by Gasteiger charge is -2.07. The van der Waals surface area contributed by atoms with Gasteiger partial charge in [0.15, 0.2) is 0 Å². The van der Waals surface area contributed by atoms with Crippen LogP contribution in [0.25, 0.3) is 0 Å². The third-order valence-corrected chi connectivity index (χ3v) is 3.18. The summed E-state index contributed by atoms with van der Waals surface area (Å²) < 4.78 is 10.5. The fourth-order valence-electron chi connectivity index (χ4n) is 1.97. The van der Waals surface area contributed by atoms with Crippen LogP contribution in [0.2, 0.25) is 0 Å². The number of hydrogen-bond acceptors (Lipinski definition) is 5. The third kappa shape index (κ3) is 5.48. The molecular formula is C19H19N3O4. The zero-order chi connectivity index (χ0) is 18.8. The molecule has 2 N–H and O–H groups in total. The second-order valence-electron chi connectivity index (χ2n) is 5.02. The number of nitrogens with one attached hydrogen (secondary N) is 2. The fraction of sp³-hybridized carbons (Fsp3) is 0.105. The minimum Gasteiger partial charge on any atom is -0.497 e. The van der Waals surface area contributed by atoms with Crippen molar-refractivity contribution >= 4 is 23.7 Å². The highest BCUT2D eigenvalue weighted by Gasteiger charge is 2.13. The van der Waals surface area contributed by atoms with Crippen molar-refractivity contribution in [2.75, 3.05) is 19.0 Å². The molecule has 134 valence electrons. The molecule has 0 fully saturated rings. The van der Waals surface area contributed by atoms with Crippen LogP contribution in [0.5, 0.6) is 11.5 Å². The summed E-state index contributed by atoms with van der Waals surface area (Å²) in [5, 5.41) is 6.25. The predicted octanol–water partition coefficient (Wildman–Crippen LogP) is 2.35. The second-order valence-corrected chi connectivity index (χ2v) is 5.02. The molecule has 0 aliphatic carbocycles.